The Kier molecular flexibility index (Phi) is 7.07. The molecule has 3 aromatic heterocycles. The van der Waals surface area contributed by atoms with Crippen LogP contribution in [-0.2, 0) is 0 Å². The SMILES string of the molecule is c1ccc(-c2nc(-c3cccc(-n4c5ccccc5c5cc6oc7ccccc7c6cc54)c3)n[c]3c2-c2cccc[c]2[Ge]3([c]2ccccc2)[c]2ccccc2)cc1. The van der Waals surface area contributed by atoms with Crippen molar-refractivity contribution in [2.24, 2.45) is 0 Å². The van der Waals surface area contributed by atoms with Crippen LogP contribution in [0.5, 0.6) is 0 Å². The van der Waals surface area contributed by atoms with E-state index in [1.807, 2.05) is 12.1 Å². The number of para-hydroxylation sites is 2. The Labute approximate surface area is 331 Å². The van der Waals surface area contributed by atoms with Crippen molar-refractivity contribution in [1.82, 2.24) is 14.5 Å². The van der Waals surface area contributed by atoms with E-state index in [9.17, 15) is 0 Å². The first-order chi connectivity index (χ1) is 28.3. The summed E-state index contributed by atoms with van der Waals surface area (Å²) in [6.07, 6.45) is 0. The number of hydrogen-bond acceptors (Lipinski definition) is 3. The molecular formula is C52H33GeN3O. The summed E-state index contributed by atoms with van der Waals surface area (Å²) in [5, 5.41) is 4.56. The van der Waals surface area contributed by atoms with Crippen molar-refractivity contribution in [2.75, 3.05) is 0 Å². The molecule has 11 aromatic rings. The number of rotatable bonds is 5. The second-order valence-electron chi connectivity index (χ2n) is 14.9. The number of benzene rings is 8. The van der Waals surface area contributed by atoms with E-state index in [-0.39, 0.29) is 0 Å². The van der Waals surface area contributed by atoms with Gasteiger partial charge in [-0.1, -0.05) is 12.1 Å². The molecule has 5 heteroatoms. The summed E-state index contributed by atoms with van der Waals surface area (Å²) >= 11 is -3.68. The average molecular weight is 788 g/mol. The van der Waals surface area contributed by atoms with Gasteiger partial charge in [-0.05, 0) is 6.07 Å². The molecular weight excluding hydrogens is 755 g/mol. The third-order valence-corrected chi connectivity index (χ3v) is 21.8. The third-order valence-electron chi connectivity index (χ3n) is 11.9. The van der Waals surface area contributed by atoms with Crippen LogP contribution >= 0.6 is 0 Å². The van der Waals surface area contributed by atoms with Gasteiger partial charge in [-0.15, -0.1) is 0 Å². The van der Waals surface area contributed by atoms with E-state index in [4.69, 9.17) is 14.4 Å². The molecule has 1 aliphatic heterocycles. The minimum atomic E-state index is -3.68. The molecule has 0 saturated heterocycles. The Morgan fingerprint density at radius 1 is 0.439 bits per heavy atom. The van der Waals surface area contributed by atoms with Crippen LogP contribution in [0.15, 0.2) is 205 Å². The molecule has 0 aliphatic carbocycles. The number of hydrogen-bond donors (Lipinski definition) is 0. The molecule has 0 spiro atoms. The van der Waals surface area contributed by atoms with Crippen LogP contribution in [0.4, 0.5) is 0 Å². The van der Waals surface area contributed by atoms with E-state index in [0.29, 0.717) is 0 Å². The molecule has 0 amide bonds. The Hall–Kier alpha value is -7.02. The molecule has 57 heavy (non-hydrogen) atoms. The summed E-state index contributed by atoms with van der Waals surface area (Å²) in [5.41, 5.74) is 10.5. The van der Waals surface area contributed by atoms with Crippen LogP contribution in [0.25, 0.3) is 83.2 Å². The fraction of sp³-hybridized carbons (Fsp3) is 0. The molecule has 0 unspecified atom stereocenters. The van der Waals surface area contributed by atoms with Gasteiger partial charge in [0.05, 0.1) is 0 Å². The van der Waals surface area contributed by atoms with E-state index in [1.54, 1.807) is 0 Å². The van der Waals surface area contributed by atoms with Crippen molar-refractivity contribution < 1.29 is 4.42 Å². The van der Waals surface area contributed by atoms with Gasteiger partial charge in [0.25, 0.3) is 0 Å². The van der Waals surface area contributed by atoms with Crippen LogP contribution in [0.2, 0.25) is 0 Å². The van der Waals surface area contributed by atoms with Crippen LogP contribution < -0.4 is 17.7 Å². The fourth-order valence-corrected chi connectivity index (χ4v) is 19.9. The standard InChI is InChI=1S/C52H33GeN3O/c1-4-17-34(18-5-1)50-49-41-27-10-13-28-44(41)53(36-20-6-2-7-21-36,37-22-8-3-9-23-37)51(49)55-52(54-50)35-19-16-24-38(31-35)56-45-29-14-11-25-39(45)42-33-48-43(32-46(42)56)40-26-12-15-30-47(40)57-48/h1-33H. The molecule has 0 bridgehead atoms. The molecule has 0 N–H and O–H groups in total. The minimum absolute atomic E-state index is 0.730. The van der Waals surface area contributed by atoms with Gasteiger partial charge in [0.1, 0.15) is 0 Å². The molecule has 8 aromatic carbocycles. The van der Waals surface area contributed by atoms with Gasteiger partial charge >= 0.3 is 315 Å². The van der Waals surface area contributed by atoms with E-state index >= 15 is 0 Å². The maximum absolute atomic E-state index is 6.37. The second kappa shape index (κ2) is 12.5. The van der Waals surface area contributed by atoms with E-state index in [2.05, 4.69) is 193 Å². The first-order valence-corrected chi connectivity index (χ1v) is 23.6. The summed E-state index contributed by atoms with van der Waals surface area (Å²) in [4.78, 5) is 11.3. The van der Waals surface area contributed by atoms with Crippen LogP contribution in [-0.4, -0.2) is 27.8 Å². The second-order valence-corrected chi connectivity index (χ2v) is 22.6. The third kappa shape index (κ3) is 4.68. The molecule has 12 rings (SSSR count). The van der Waals surface area contributed by atoms with Gasteiger partial charge in [0.15, 0.2) is 0 Å². The van der Waals surface area contributed by atoms with Crippen molar-refractivity contribution in [1.29, 1.82) is 0 Å². The van der Waals surface area contributed by atoms with Gasteiger partial charge < -0.3 is 0 Å². The molecule has 1 aliphatic rings. The van der Waals surface area contributed by atoms with Crippen molar-refractivity contribution >= 4 is 74.7 Å². The predicted molar refractivity (Wildman–Crippen MR) is 237 cm³/mol. The Bertz CT molecular complexity index is 3310. The maximum atomic E-state index is 6.37. The molecule has 266 valence electrons. The average Bonchev–Trinajstić information content (AvgIpc) is 3.92. The zero-order chi connectivity index (χ0) is 37.5. The van der Waals surface area contributed by atoms with E-state index < -0.39 is 13.3 Å². The Balaban J connectivity index is 1.15. The first-order valence-electron chi connectivity index (χ1n) is 19.4. The van der Waals surface area contributed by atoms with Gasteiger partial charge in [0.2, 0.25) is 0 Å². The number of furan rings is 1. The number of aromatic nitrogens is 3. The molecule has 4 nitrogen and oxygen atoms in total. The van der Waals surface area contributed by atoms with Crippen molar-refractivity contribution in [2.45, 2.75) is 0 Å². The summed E-state index contributed by atoms with van der Waals surface area (Å²) < 4.78 is 14.0. The van der Waals surface area contributed by atoms with Crippen LogP contribution in [0, 0.1) is 0 Å². The van der Waals surface area contributed by atoms with Gasteiger partial charge in [-0.2, -0.15) is 0 Å². The monoisotopic (exact) mass is 789 g/mol. The molecule has 0 radical (unpaired) electrons. The van der Waals surface area contributed by atoms with E-state index in [0.717, 1.165) is 72.3 Å². The number of fused-ring (bicyclic) bond motifs is 9. The fourth-order valence-electron chi connectivity index (χ4n) is 9.45. The normalized spacial score (nSPS) is 13.1. The Morgan fingerprint density at radius 3 is 1.88 bits per heavy atom. The van der Waals surface area contributed by atoms with Gasteiger partial charge in [0, 0.05) is 0 Å². The van der Waals surface area contributed by atoms with E-state index in [1.165, 1.54) is 28.7 Å². The first kappa shape index (κ1) is 32.2. The van der Waals surface area contributed by atoms with Crippen molar-refractivity contribution in [3.8, 4) is 39.5 Å². The number of nitrogens with zero attached hydrogens (tertiary/aromatic N) is 3. The Morgan fingerprint density at radius 2 is 1.09 bits per heavy atom. The van der Waals surface area contributed by atoms with Crippen LogP contribution in [0.1, 0.15) is 0 Å². The van der Waals surface area contributed by atoms with Crippen molar-refractivity contribution in [3.05, 3.63) is 200 Å². The van der Waals surface area contributed by atoms with Gasteiger partial charge in [-0.3, -0.25) is 0 Å². The summed E-state index contributed by atoms with van der Waals surface area (Å²) in [6.45, 7) is 0. The molecule has 0 saturated carbocycles. The van der Waals surface area contributed by atoms with Gasteiger partial charge in [-0.25, -0.2) is 0 Å². The summed E-state index contributed by atoms with van der Waals surface area (Å²) in [5.74, 6) is 0.730. The van der Waals surface area contributed by atoms with Crippen LogP contribution in [0.3, 0.4) is 0 Å². The molecule has 4 heterocycles. The molecule has 0 atom stereocenters. The summed E-state index contributed by atoms with van der Waals surface area (Å²) in [7, 11) is 0. The zero-order valence-electron chi connectivity index (χ0n) is 30.8. The zero-order valence-corrected chi connectivity index (χ0v) is 32.9. The van der Waals surface area contributed by atoms with Crippen molar-refractivity contribution in [3.63, 3.8) is 0 Å². The quantitative estimate of drug-likeness (QED) is 0.163. The predicted octanol–water partition coefficient (Wildman–Crippen LogP) is 10.2. The topological polar surface area (TPSA) is 43.9 Å². The summed E-state index contributed by atoms with van der Waals surface area (Å²) in [6, 6.07) is 72.1. The molecule has 0 fully saturated rings.